The van der Waals surface area contributed by atoms with Crippen LogP contribution in [0.15, 0.2) is 11.6 Å². The molecule has 0 bridgehead atoms. The number of rotatable bonds is 0. The number of aliphatic hydroxyl groups excluding tert-OH is 3. The van der Waals surface area contributed by atoms with Crippen molar-refractivity contribution in [1.29, 1.82) is 0 Å². The Labute approximate surface area is 150 Å². The van der Waals surface area contributed by atoms with Gasteiger partial charge in [-0.3, -0.25) is 0 Å². The first-order chi connectivity index (χ1) is 11.7. The summed E-state index contributed by atoms with van der Waals surface area (Å²) >= 11 is 0. The van der Waals surface area contributed by atoms with Crippen LogP contribution in [0.3, 0.4) is 0 Å². The lowest BCUT2D eigenvalue weighted by atomic mass is 9.47. The molecule has 4 nitrogen and oxygen atoms in total. The van der Waals surface area contributed by atoms with Gasteiger partial charge in [-0.25, -0.2) is 0 Å². The van der Waals surface area contributed by atoms with Crippen LogP contribution in [-0.4, -0.2) is 44.3 Å². The molecule has 4 rings (SSSR count). The smallest absolute Gasteiger partial charge is 0.156 e. The molecule has 0 radical (unpaired) electrons. The van der Waals surface area contributed by atoms with Crippen molar-refractivity contribution in [2.45, 2.75) is 76.3 Å². The van der Waals surface area contributed by atoms with Gasteiger partial charge in [-0.15, -0.1) is 6.42 Å². The topological polar surface area (TPSA) is 80.9 Å². The van der Waals surface area contributed by atoms with Gasteiger partial charge in [0.1, 0.15) is 0 Å². The van der Waals surface area contributed by atoms with Gasteiger partial charge in [0.05, 0.1) is 18.3 Å². The molecule has 0 aliphatic heterocycles. The third kappa shape index (κ3) is 2.04. The van der Waals surface area contributed by atoms with Crippen LogP contribution >= 0.6 is 0 Å². The van der Waals surface area contributed by atoms with E-state index in [1.54, 1.807) is 0 Å². The summed E-state index contributed by atoms with van der Waals surface area (Å²) in [6.45, 7) is 4.27. The molecule has 25 heavy (non-hydrogen) atoms. The average Bonchev–Trinajstić information content (AvgIpc) is 2.77. The lowest BCUT2D eigenvalue weighted by molar-refractivity contribution is -0.125. The Balaban J connectivity index is 1.72. The van der Waals surface area contributed by atoms with E-state index < -0.39 is 29.3 Å². The maximum Gasteiger partial charge on any atom is 0.156 e. The third-order valence-corrected chi connectivity index (χ3v) is 8.57. The summed E-state index contributed by atoms with van der Waals surface area (Å²) in [4.78, 5) is 0. The Morgan fingerprint density at radius 1 is 1.16 bits per heavy atom. The van der Waals surface area contributed by atoms with Crippen molar-refractivity contribution < 1.29 is 20.4 Å². The van der Waals surface area contributed by atoms with Gasteiger partial charge in [0.15, 0.2) is 5.60 Å². The number of aliphatic hydroxyl groups is 4. The number of fused-ring (bicyclic) bond motifs is 5. The molecule has 4 unspecified atom stereocenters. The molecule has 3 fully saturated rings. The van der Waals surface area contributed by atoms with E-state index in [0.29, 0.717) is 31.1 Å². The fourth-order valence-corrected chi connectivity index (χ4v) is 6.97. The van der Waals surface area contributed by atoms with Crippen molar-refractivity contribution in [3.8, 4) is 12.3 Å². The Bertz CT molecular complexity index is 651. The number of hydrogen-bond acceptors (Lipinski definition) is 4. The van der Waals surface area contributed by atoms with Gasteiger partial charge >= 0.3 is 0 Å². The SMILES string of the molecule is C#CC1(O)C(O)C[C@H]2[C@@H]3CC=C4CC(O)C(O)C[C@]4(C)[C@@H]3CC[C@@]21C. The van der Waals surface area contributed by atoms with Crippen LogP contribution in [0.25, 0.3) is 0 Å². The first-order valence-corrected chi connectivity index (χ1v) is 9.61. The van der Waals surface area contributed by atoms with E-state index in [9.17, 15) is 20.4 Å². The molecule has 0 aromatic rings. The highest BCUT2D eigenvalue weighted by atomic mass is 16.3. The van der Waals surface area contributed by atoms with Crippen molar-refractivity contribution in [3.05, 3.63) is 11.6 Å². The highest BCUT2D eigenvalue weighted by Crippen LogP contribution is 2.66. The highest BCUT2D eigenvalue weighted by molar-refractivity contribution is 5.31. The van der Waals surface area contributed by atoms with Crippen LogP contribution in [0, 0.1) is 40.9 Å². The molecule has 0 heterocycles. The molecule has 0 amide bonds. The van der Waals surface area contributed by atoms with E-state index in [1.807, 2.05) is 6.92 Å². The third-order valence-electron chi connectivity index (χ3n) is 8.57. The number of allylic oxidation sites excluding steroid dienone is 1. The van der Waals surface area contributed by atoms with Crippen molar-refractivity contribution >= 4 is 0 Å². The highest BCUT2D eigenvalue weighted by Gasteiger charge is 2.67. The largest absolute Gasteiger partial charge is 0.390 e. The van der Waals surface area contributed by atoms with Crippen LogP contribution < -0.4 is 0 Å². The predicted octanol–water partition coefficient (Wildman–Crippen LogP) is 1.62. The lowest BCUT2D eigenvalue weighted by Gasteiger charge is -2.58. The summed E-state index contributed by atoms with van der Waals surface area (Å²) in [5, 5.41) is 41.9. The maximum absolute atomic E-state index is 11.0. The van der Waals surface area contributed by atoms with Crippen molar-refractivity contribution in [2.75, 3.05) is 0 Å². The fraction of sp³-hybridized carbons (Fsp3) is 0.810. The minimum absolute atomic E-state index is 0.106. The molecule has 0 spiro atoms. The van der Waals surface area contributed by atoms with E-state index in [1.165, 1.54) is 5.57 Å². The van der Waals surface area contributed by atoms with Gasteiger partial charge in [-0.1, -0.05) is 31.4 Å². The molecule has 138 valence electrons. The van der Waals surface area contributed by atoms with Crippen LogP contribution in [0.5, 0.6) is 0 Å². The van der Waals surface area contributed by atoms with E-state index in [4.69, 9.17) is 6.42 Å². The molecule has 0 aromatic carbocycles. The van der Waals surface area contributed by atoms with Gasteiger partial charge < -0.3 is 20.4 Å². The van der Waals surface area contributed by atoms with Crippen molar-refractivity contribution in [2.24, 2.45) is 28.6 Å². The normalized spacial score (nSPS) is 57.7. The second kappa shape index (κ2) is 5.33. The minimum atomic E-state index is -1.45. The molecule has 4 aliphatic rings. The van der Waals surface area contributed by atoms with Gasteiger partial charge in [0.2, 0.25) is 0 Å². The first kappa shape index (κ1) is 17.5. The quantitative estimate of drug-likeness (QED) is 0.397. The molecule has 0 aromatic heterocycles. The molecule has 9 atom stereocenters. The zero-order valence-electron chi connectivity index (χ0n) is 15.2. The monoisotopic (exact) mass is 346 g/mol. The van der Waals surface area contributed by atoms with E-state index in [2.05, 4.69) is 18.9 Å². The lowest BCUT2D eigenvalue weighted by Crippen LogP contribution is -2.56. The Hall–Kier alpha value is -0.860. The molecule has 0 saturated heterocycles. The second-order valence-corrected chi connectivity index (χ2v) is 9.42. The number of hydrogen-bond donors (Lipinski definition) is 4. The summed E-state index contributed by atoms with van der Waals surface area (Å²) < 4.78 is 0. The van der Waals surface area contributed by atoms with E-state index in [-0.39, 0.29) is 11.3 Å². The van der Waals surface area contributed by atoms with E-state index >= 15 is 0 Å². The summed E-state index contributed by atoms with van der Waals surface area (Å²) in [6.07, 6.45) is 10.0. The summed E-state index contributed by atoms with van der Waals surface area (Å²) in [5.74, 6) is 3.46. The van der Waals surface area contributed by atoms with Gasteiger partial charge in [-0.2, -0.15) is 0 Å². The van der Waals surface area contributed by atoms with Crippen LogP contribution in [0.4, 0.5) is 0 Å². The Morgan fingerprint density at radius 2 is 1.88 bits per heavy atom. The minimum Gasteiger partial charge on any atom is -0.390 e. The molecular formula is C21H30O4. The fourth-order valence-electron chi connectivity index (χ4n) is 6.97. The molecule has 4 aliphatic carbocycles. The van der Waals surface area contributed by atoms with Crippen molar-refractivity contribution in [1.82, 2.24) is 0 Å². The molecular weight excluding hydrogens is 316 g/mol. The van der Waals surface area contributed by atoms with Gasteiger partial charge in [0.25, 0.3) is 0 Å². The standard InChI is InChI=1S/C21H30O4/c1-4-21(25)18(24)10-15-13-6-5-12-9-16(22)17(23)11-19(12,2)14(13)7-8-20(15,21)3/h1,5,13-18,22-25H,6-11H2,2-3H3/t13-,14-,15+,16?,17?,18?,19+,20+,21?/m1/s1. The van der Waals surface area contributed by atoms with Crippen LogP contribution in [0.2, 0.25) is 0 Å². The zero-order valence-corrected chi connectivity index (χ0v) is 15.2. The predicted molar refractivity (Wildman–Crippen MR) is 94.3 cm³/mol. The molecule has 4 N–H and O–H groups in total. The van der Waals surface area contributed by atoms with Crippen LogP contribution in [0.1, 0.15) is 52.4 Å². The Kier molecular flexibility index (Phi) is 3.74. The van der Waals surface area contributed by atoms with Gasteiger partial charge in [0, 0.05) is 5.41 Å². The molecule has 4 heteroatoms. The Morgan fingerprint density at radius 3 is 2.56 bits per heavy atom. The van der Waals surface area contributed by atoms with E-state index in [0.717, 1.165) is 19.3 Å². The average molecular weight is 346 g/mol. The first-order valence-electron chi connectivity index (χ1n) is 9.61. The summed E-state index contributed by atoms with van der Waals surface area (Å²) in [6, 6.07) is 0. The summed E-state index contributed by atoms with van der Waals surface area (Å²) in [7, 11) is 0. The zero-order chi connectivity index (χ0) is 18.2. The molecule has 3 saturated carbocycles. The number of terminal acetylenes is 1. The summed E-state index contributed by atoms with van der Waals surface area (Å²) in [5.41, 5.74) is -0.738. The van der Waals surface area contributed by atoms with Crippen LogP contribution in [-0.2, 0) is 0 Å². The maximum atomic E-state index is 11.0. The van der Waals surface area contributed by atoms with Gasteiger partial charge in [-0.05, 0) is 61.7 Å². The second-order valence-electron chi connectivity index (χ2n) is 9.42. The van der Waals surface area contributed by atoms with Crippen molar-refractivity contribution in [3.63, 3.8) is 0 Å².